The Morgan fingerprint density at radius 3 is 2.76 bits per heavy atom. The molecule has 1 aliphatic carbocycles. The molecular weight excluding hydrogens is 252 g/mol. The second kappa shape index (κ2) is 6.62. The molecule has 0 amide bonds. The molecule has 1 aromatic heterocycles. The summed E-state index contributed by atoms with van der Waals surface area (Å²) in [5.41, 5.74) is 6.25. The molecule has 0 saturated heterocycles. The molecule has 1 aliphatic rings. The Labute approximate surface area is 112 Å². The predicted octanol–water partition coefficient (Wildman–Crippen LogP) is 3.73. The van der Waals surface area contributed by atoms with Crippen LogP contribution in [0.2, 0.25) is 5.02 Å². The third kappa shape index (κ3) is 4.16. The predicted molar refractivity (Wildman–Crippen MR) is 74.5 cm³/mol. The third-order valence-electron chi connectivity index (χ3n) is 3.38. The fraction of sp³-hybridized carbons (Fsp3) is 0.615. The molecule has 4 heteroatoms. The molecule has 2 rings (SSSR count). The zero-order valence-electron chi connectivity index (χ0n) is 9.94. The largest absolute Gasteiger partial charge is 0.327 e. The minimum Gasteiger partial charge on any atom is -0.327 e. The first-order chi connectivity index (χ1) is 8.25. The average molecular weight is 271 g/mol. The highest BCUT2D eigenvalue weighted by atomic mass is 35.5. The van der Waals surface area contributed by atoms with E-state index in [2.05, 4.69) is 4.98 Å². The summed E-state index contributed by atoms with van der Waals surface area (Å²) in [5.74, 6) is 1.67. The summed E-state index contributed by atoms with van der Waals surface area (Å²) in [6.45, 7) is 0. The van der Waals surface area contributed by atoms with Crippen molar-refractivity contribution >= 4 is 23.4 Å². The van der Waals surface area contributed by atoms with E-state index in [0.29, 0.717) is 17.0 Å². The van der Waals surface area contributed by atoms with Crippen molar-refractivity contribution in [3.05, 3.63) is 23.4 Å². The molecule has 2 nitrogen and oxygen atoms in total. The van der Waals surface area contributed by atoms with Crippen molar-refractivity contribution in [2.24, 2.45) is 11.7 Å². The van der Waals surface area contributed by atoms with Gasteiger partial charge in [-0.1, -0.05) is 30.9 Å². The maximum Gasteiger partial charge on any atom is 0.0961 e. The first-order valence-corrected chi connectivity index (χ1v) is 7.62. The second-order valence-corrected chi connectivity index (χ2v) is 6.16. The normalized spacial score (nSPS) is 19.2. The van der Waals surface area contributed by atoms with Crippen molar-refractivity contribution in [1.82, 2.24) is 4.98 Å². The Bertz CT molecular complexity index is 336. The number of hydrogen-bond acceptors (Lipinski definition) is 3. The lowest BCUT2D eigenvalue weighted by Crippen LogP contribution is -2.33. The van der Waals surface area contributed by atoms with Crippen LogP contribution >= 0.6 is 23.4 Å². The van der Waals surface area contributed by atoms with Gasteiger partial charge in [-0.25, -0.2) is 4.98 Å². The molecule has 1 atom stereocenters. The van der Waals surface area contributed by atoms with Crippen molar-refractivity contribution in [3.63, 3.8) is 0 Å². The molecular formula is C13H19ClN2S. The number of hydrogen-bond donors (Lipinski definition) is 1. The molecule has 0 aliphatic heterocycles. The minimum absolute atomic E-state index is 0.303. The van der Waals surface area contributed by atoms with Gasteiger partial charge in [0.15, 0.2) is 0 Å². The number of halogens is 1. The minimum atomic E-state index is 0.303. The Morgan fingerprint density at radius 1 is 1.35 bits per heavy atom. The van der Waals surface area contributed by atoms with E-state index in [4.69, 9.17) is 17.3 Å². The number of nitrogens with zero attached hydrogens (tertiary/aromatic N) is 1. The average Bonchev–Trinajstić information content (AvgIpc) is 2.39. The summed E-state index contributed by atoms with van der Waals surface area (Å²) in [6.07, 6.45) is 8.38. The van der Waals surface area contributed by atoms with E-state index >= 15 is 0 Å². The van der Waals surface area contributed by atoms with Crippen LogP contribution in [0.4, 0.5) is 0 Å². The van der Waals surface area contributed by atoms with Crippen molar-refractivity contribution < 1.29 is 0 Å². The van der Waals surface area contributed by atoms with E-state index in [1.165, 1.54) is 32.1 Å². The van der Waals surface area contributed by atoms with Crippen LogP contribution in [0.1, 0.15) is 32.1 Å². The van der Waals surface area contributed by atoms with Gasteiger partial charge >= 0.3 is 0 Å². The fourth-order valence-electron chi connectivity index (χ4n) is 2.33. The van der Waals surface area contributed by atoms with Crippen LogP contribution in [0.25, 0.3) is 0 Å². The summed E-state index contributed by atoms with van der Waals surface area (Å²) >= 11 is 7.54. The topological polar surface area (TPSA) is 38.9 Å². The SMILES string of the molecule is NC(CSc1ccc(Cl)cn1)C1CCCCC1. The van der Waals surface area contributed by atoms with Crippen LogP contribution in [-0.2, 0) is 0 Å². The summed E-state index contributed by atoms with van der Waals surface area (Å²) in [5, 5.41) is 1.70. The smallest absolute Gasteiger partial charge is 0.0961 e. The lowest BCUT2D eigenvalue weighted by Gasteiger charge is -2.27. The molecule has 0 bridgehead atoms. The number of nitrogens with two attached hydrogens (primary N) is 1. The molecule has 0 spiro atoms. The molecule has 0 aromatic carbocycles. The maximum absolute atomic E-state index is 6.25. The Kier molecular flexibility index (Phi) is 5.14. The van der Waals surface area contributed by atoms with Crippen LogP contribution in [0.3, 0.4) is 0 Å². The van der Waals surface area contributed by atoms with Crippen LogP contribution in [0, 0.1) is 5.92 Å². The van der Waals surface area contributed by atoms with Gasteiger partial charge in [0.2, 0.25) is 0 Å². The Hall–Kier alpha value is -0.250. The zero-order valence-corrected chi connectivity index (χ0v) is 11.5. The van der Waals surface area contributed by atoms with Crippen molar-refractivity contribution in [3.8, 4) is 0 Å². The summed E-state index contributed by atoms with van der Waals surface area (Å²) in [6, 6.07) is 4.14. The maximum atomic E-state index is 6.25. The van der Waals surface area contributed by atoms with Gasteiger partial charge in [-0.2, -0.15) is 0 Å². The Balaban J connectivity index is 1.78. The first-order valence-electron chi connectivity index (χ1n) is 6.25. The zero-order chi connectivity index (χ0) is 12.1. The standard InChI is InChI=1S/C13H19ClN2S/c14-11-6-7-13(16-8-11)17-9-12(15)10-4-2-1-3-5-10/h6-8,10,12H,1-5,9,15H2. The molecule has 1 unspecified atom stereocenters. The van der Waals surface area contributed by atoms with Gasteiger partial charge < -0.3 is 5.73 Å². The van der Waals surface area contributed by atoms with Gasteiger partial charge in [0.05, 0.1) is 10.0 Å². The molecule has 1 aromatic rings. The van der Waals surface area contributed by atoms with Gasteiger partial charge in [-0.3, -0.25) is 0 Å². The molecule has 1 saturated carbocycles. The number of pyridine rings is 1. The number of thioether (sulfide) groups is 1. The van der Waals surface area contributed by atoms with Crippen LogP contribution < -0.4 is 5.73 Å². The molecule has 17 heavy (non-hydrogen) atoms. The van der Waals surface area contributed by atoms with E-state index in [-0.39, 0.29) is 0 Å². The summed E-state index contributed by atoms with van der Waals surface area (Å²) in [4.78, 5) is 4.27. The van der Waals surface area contributed by atoms with Crippen LogP contribution in [0.5, 0.6) is 0 Å². The lowest BCUT2D eigenvalue weighted by atomic mass is 9.85. The highest BCUT2D eigenvalue weighted by molar-refractivity contribution is 7.99. The van der Waals surface area contributed by atoms with Crippen molar-refractivity contribution in [2.45, 2.75) is 43.2 Å². The molecule has 2 N–H and O–H groups in total. The first kappa shape index (κ1) is 13.2. The summed E-state index contributed by atoms with van der Waals surface area (Å²) in [7, 11) is 0. The summed E-state index contributed by atoms with van der Waals surface area (Å²) < 4.78 is 0. The van der Waals surface area contributed by atoms with E-state index in [1.54, 1.807) is 18.0 Å². The van der Waals surface area contributed by atoms with Crippen molar-refractivity contribution in [1.29, 1.82) is 0 Å². The third-order valence-corrected chi connectivity index (χ3v) is 4.69. The second-order valence-electron chi connectivity index (χ2n) is 4.69. The van der Waals surface area contributed by atoms with E-state index in [1.807, 2.05) is 12.1 Å². The van der Waals surface area contributed by atoms with Gasteiger partial charge in [0, 0.05) is 18.0 Å². The molecule has 0 radical (unpaired) electrons. The highest BCUT2D eigenvalue weighted by Crippen LogP contribution is 2.28. The molecule has 1 fully saturated rings. The van der Waals surface area contributed by atoms with E-state index in [9.17, 15) is 0 Å². The highest BCUT2D eigenvalue weighted by Gasteiger charge is 2.20. The van der Waals surface area contributed by atoms with Gasteiger partial charge in [-0.15, -0.1) is 11.8 Å². The van der Waals surface area contributed by atoms with E-state index < -0.39 is 0 Å². The Morgan fingerprint density at radius 2 is 2.12 bits per heavy atom. The van der Waals surface area contributed by atoms with Crippen LogP contribution in [0.15, 0.2) is 23.4 Å². The quantitative estimate of drug-likeness (QED) is 0.848. The number of aromatic nitrogens is 1. The fourth-order valence-corrected chi connectivity index (χ4v) is 3.37. The van der Waals surface area contributed by atoms with E-state index in [0.717, 1.165) is 10.8 Å². The lowest BCUT2D eigenvalue weighted by molar-refractivity contribution is 0.319. The molecule has 94 valence electrons. The van der Waals surface area contributed by atoms with Gasteiger partial charge in [-0.05, 0) is 30.9 Å². The van der Waals surface area contributed by atoms with Gasteiger partial charge in [0.1, 0.15) is 0 Å². The monoisotopic (exact) mass is 270 g/mol. The number of rotatable bonds is 4. The van der Waals surface area contributed by atoms with Crippen LogP contribution in [-0.4, -0.2) is 16.8 Å². The van der Waals surface area contributed by atoms with Crippen molar-refractivity contribution in [2.75, 3.05) is 5.75 Å². The molecule has 1 heterocycles. The van der Waals surface area contributed by atoms with Gasteiger partial charge in [0.25, 0.3) is 0 Å².